The second-order valence-corrected chi connectivity index (χ2v) is 9.12. The van der Waals surface area contributed by atoms with Gasteiger partial charge in [-0.3, -0.25) is 24.3 Å². The number of aromatic nitrogens is 2. The molecule has 1 N–H and O–H groups in total. The molecular formula is C20H19FN4O4S2. The minimum absolute atomic E-state index is 0.0977. The van der Waals surface area contributed by atoms with Gasteiger partial charge in [0, 0.05) is 23.6 Å². The van der Waals surface area contributed by atoms with Crippen LogP contribution in [0, 0.1) is 15.9 Å². The number of nitro benzene ring substituents is 1. The van der Waals surface area contributed by atoms with Crippen LogP contribution in [0.5, 0.6) is 0 Å². The third-order valence-corrected chi connectivity index (χ3v) is 7.29. The summed E-state index contributed by atoms with van der Waals surface area (Å²) in [6.07, 6.45) is 4.02. The molecule has 1 aliphatic rings. The molecule has 0 unspecified atom stereocenters. The maximum atomic E-state index is 13.9. The van der Waals surface area contributed by atoms with Crippen molar-refractivity contribution in [3.63, 3.8) is 0 Å². The summed E-state index contributed by atoms with van der Waals surface area (Å²) in [6.45, 7) is 2.26. The van der Waals surface area contributed by atoms with Gasteiger partial charge in [0.1, 0.15) is 10.6 Å². The number of nitrogens with zero attached hydrogens (tertiary/aromatic N) is 3. The number of non-ortho nitro benzene ring substituents is 1. The largest absolute Gasteiger partial charge is 0.323 e. The van der Waals surface area contributed by atoms with Crippen molar-refractivity contribution in [1.82, 2.24) is 9.55 Å². The highest BCUT2D eigenvalue weighted by molar-refractivity contribution is 7.99. The molecule has 2 aromatic heterocycles. The molecule has 0 spiro atoms. The second kappa shape index (κ2) is 8.75. The van der Waals surface area contributed by atoms with Crippen molar-refractivity contribution in [2.45, 2.75) is 44.3 Å². The molecule has 0 aliphatic heterocycles. The Labute approximate surface area is 184 Å². The molecule has 4 rings (SSSR count). The Hall–Kier alpha value is -2.79. The van der Waals surface area contributed by atoms with Gasteiger partial charge in [-0.05, 0) is 44.2 Å². The number of carbonyl (C=O) groups is 1. The van der Waals surface area contributed by atoms with E-state index in [-0.39, 0.29) is 22.7 Å². The number of anilines is 1. The van der Waals surface area contributed by atoms with E-state index in [0.29, 0.717) is 21.9 Å². The van der Waals surface area contributed by atoms with Crippen LogP contribution in [-0.2, 0) is 24.2 Å². The highest BCUT2D eigenvalue weighted by Gasteiger charge is 2.22. The van der Waals surface area contributed by atoms with E-state index in [2.05, 4.69) is 10.3 Å². The minimum Gasteiger partial charge on any atom is -0.323 e. The summed E-state index contributed by atoms with van der Waals surface area (Å²) < 4.78 is 15.5. The number of hydrogen-bond donors (Lipinski definition) is 1. The first kappa shape index (κ1) is 21.4. The minimum atomic E-state index is -0.766. The van der Waals surface area contributed by atoms with Crippen LogP contribution in [0.15, 0.2) is 28.2 Å². The zero-order valence-electron chi connectivity index (χ0n) is 16.6. The van der Waals surface area contributed by atoms with E-state index < -0.39 is 16.6 Å². The third-order valence-electron chi connectivity index (χ3n) is 5.12. The number of nitro groups is 1. The molecule has 1 aliphatic carbocycles. The van der Waals surface area contributed by atoms with Gasteiger partial charge in [-0.25, -0.2) is 9.37 Å². The number of benzene rings is 1. The lowest BCUT2D eigenvalue weighted by molar-refractivity contribution is -0.384. The summed E-state index contributed by atoms with van der Waals surface area (Å²) in [5, 5.41) is 14.3. The number of amides is 1. The molecule has 3 aromatic rings. The summed E-state index contributed by atoms with van der Waals surface area (Å²) in [7, 11) is 0. The van der Waals surface area contributed by atoms with Crippen molar-refractivity contribution < 1.29 is 14.1 Å². The Morgan fingerprint density at radius 1 is 1.39 bits per heavy atom. The molecule has 11 heteroatoms. The van der Waals surface area contributed by atoms with Gasteiger partial charge < -0.3 is 5.32 Å². The molecule has 2 heterocycles. The van der Waals surface area contributed by atoms with Gasteiger partial charge >= 0.3 is 0 Å². The SMILES string of the molecule is CCn1c(SCC(=O)Nc2cc([N+](=O)[O-])ccc2F)nc2sc3c(c2c1=O)CCCC3. The van der Waals surface area contributed by atoms with Crippen LogP contribution in [0.2, 0.25) is 0 Å². The zero-order valence-corrected chi connectivity index (χ0v) is 18.3. The van der Waals surface area contributed by atoms with Gasteiger partial charge in [0.2, 0.25) is 5.91 Å². The van der Waals surface area contributed by atoms with Gasteiger partial charge in [-0.2, -0.15) is 0 Å². The Kier molecular flexibility index (Phi) is 6.05. The summed E-state index contributed by atoms with van der Waals surface area (Å²) in [6, 6.07) is 2.93. The molecule has 0 fully saturated rings. The van der Waals surface area contributed by atoms with Crippen LogP contribution in [0.4, 0.5) is 15.8 Å². The van der Waals surface area contributed by atoms with E-state index in [1.165, 1.54) is 16.2 Å². The molecule has 0 atom stereocenters. The normalized spacial score (nSPS) is 13.2. The smallest absolute Gasteiger partial charge is 0.271 e. The van der Waals surface area contributed by atoms with E-state index in [1.807, 2.05) is 6.92 Å². The number of thioether (sulfide) groups is 1. The van der Waals surface area contributed by atoms with Gasteiger partial charge in [0.05, 0.1) is 21.7 Å². The number of nitrogens with one attached hydrogen (secondary N) is 1. The quantitative estimate of drug-likeness (QED) is 0.255. The summed E-state index contributed by atoms with van der Waals surface area (Å²) in [4.78, 5) is 42.2. The van der Waals surface area contributed by atoms with E-state index >= 15 is 0 Å². The lowest BCUT2D eigenvalue weighted by atomic mass is 9.97. The average Bonchev–Trinajstić information content (AvgIpc) is 3.12. The maximum Gasteiger partial charge on any atom is 0.271 e. The fraction of sp³-hybridized carbons (Fsp3) is 0.350. The van der Waals surface area contributed by atoms with Crippen molar-refractivity contribution in [2.24, 2.45) is 0 Å². The first-order valence-corrected chi connectivity index (χ1v) is 11.6. The fourth-order valence-corrected chi connectivity index (χ4v) is 5.81. The van der Waals surface area contributed by atoms with Crippen LogP contribution in [-0.4, -0.2) is 26.1 Å². The number of aryl methyl sites for hydroxylation is 2. The molecule has 162 valence electrons. The van der Waals surface area contributed by atoms with E-state index in [1.54, 1.807) is 4.57 Å². The fourth-order valence-electron chi connectivity index (χ4n) is 3.65. The van der Waals surface area contributed by atoms with Crippen molar-refractivity contribution in [2.75, 3.05) is 11.1 Å². The van der Waals surface area contributed by atoms with Gasteiger partial charge in [0.25, 0.3) is 11.2 Å². The summed E-state index contributed by atoms with van der Waals surface area (Å²) in [5.74, 6) is -1.43. The average molecular weight is 463 g/mol. The standard InChI is InChI=1S/C20H19FN4O4S2/c1-2-24-19(27)17-12-5-3-4-6-15(12)31-18(17)23-20(24)30-10-16(26)22-14-9-11(25(28)29)7-8-13(14)21/h7-9H,2-6,10H2,1H3,(H,22,26). The molecule has 31 heavy (non-hydrogen) atoms. The van der Waals surface area contributed by atoms with Crippen molar-refractivity contribution in [3.8, 4) is 0 Å². The molecule has 0 radical (unpaired) electrons. The first-order valence-electron chi connectivity index (χ1n) is 9.80. The molecule has 0 bridgehead atoms. The van der Waals surface area contributed by atoms with Crippen LogP contribution in [0.25, 0.3) is 10.2 Å². The Morgan fingerprint density at radius 3 is 2.90 bits per heavy atom. The zero-order chi connectivity index (χ0) is 22.1. The molecule has 1 aromatic carbocycles. The molecular weight excluding hydrogens is 443 g/mol. The van der Waals surface area contributed by atoms with Crippen LogP contribution in [0.3, 0.4) is 0 Å². The highest BCUT2D eigenvalue weighted by atomic mass is 32.2. The van der Waals surface area contributed by atoms with Crippen molar-refractivity contribution in [3.05, 3.63) is 54.9 Å². The number of carbonyl (C=O) groups excluding carboxylic acids is 1. The van der Waals surface area contributed by atoms with Crippen LogP contribution >= 0.6 is 23.1 Å². The third kappa shape index (κ3) is 4.19. The Morgan fingerprint density at radius 2 is 2.16 bits per heavy atom. The monoisotopic (exact) mass is 462 g/mol. The predicted octanol–water partition coefficient (Wildman–Crippen LogP) is 4.13. The molecule has 8 nitrogen and oxygen atoms in total. The molecule has 1 amide bonds. The van der Waals surface area contributed by atoms with Crippen molar-refractivity contribution >= 4 is 50.6 Å². The highest BCUT2D eigenvalue weighted by Crippen LogP contribution is 2.34. The van der Waals surface area contributed by atoms with E-state index in [4.69, 9.17) is 0 Å². The van der Waals surface area contributed by atoms with Crippen molar-refractivity contribution in [1.29, 1.82) is 0 Å². The van der Waals surface area contributed by atoms with Gasteiger partial charge in [-0.1, -0.05) is 11.8 Å². The predicted molar refractivity (Wildman–Crippen MR) is 119 cm³/mol. The summed E-state index contributed by atoms with van der Waals surface area (Å²) >= 11 is 2.62. The number of halogens is 1. The molecule has 0 saturated heterocycles. The topological polar surface area (TPSA) is 107 Å². The number of thiophene rings is 1. The molecule has 0 saturated carbocycles. The number of hydrogen-bond acceptors (Lipinski definition) is 7. The Bertz CT molecular complexity index is 1250. The Balaban J connectivity index is 1.56. The van der Waals surface area contributed by atoms with Gasteiger partial charge in [0.15, 0.2) is 5.16 Å². The van der Waals surface area contributed by atoms with Crippen LogP contribution < -0.4 is 10.9 Å². The van der Waals surface area contributed by atoms with Crippen LogP contribution in [0.1, 0.15) is 30.2 Å². The summed E-state index contributed by atoms with van der Waals surface area (Å²) in [5.41, 5.74) is 0.431. The first-order chi connectivity index (χ1) is 14.9. The maximum absolute atomic E-state index is 13.9. The van der Waals surface area contributed by atoms with E-state index in [9.17, 15) is 24.1 Å². The second-order valence-electron chi connectivity index (χ2n) is 7.09. The van der Waals surface area contributed by atoms with E-state index in [0.717, 1.165) is 61.2 Å². The van der Waals surface area contributed by atoms with Gasteiger partial charge in [-0.15, -0.1) is 11.3 Å². The number of rotatable bonds is 6. The lowest BCUT2D eigenvalue weighted by Crippen LogP contribution is -2.24. The number of fused-ring (bicyclic) bond motifs is 3. The lowest BCUT2D eigenvalue weighted by Gasteiger charge is -2.12.